The Kier molecular flexibility index (Phi) is 3.76. The monoisotopic (exact) mass is 236 g/mol. The Morgan fingerprint density at radius 1 is 1.47 bits per heavy atom. The molecule has 1 aromatic carbocycles. The number of ether oxygens (including phenoxy) is 2. The molecule has 0 aromatic heterocycles. The van der Waals surface area contributed by atoms with E-state index in [9.17, 15) is 9.90 Å². The smallest absolute Gasteiger partial charge is 0.338 e. The van der Waals surface area contributed by atoms with Crippen LogP contribution < -0.4 is 0 Å². The number of hydrogen-bond donors (Lipinski definition) is 1. The van der Waals surface area contributed by atoms with E-state index in [0.29, 0.717) is 25.0 Å². The molecule has 1 aromatic rings. The van der Waals surface area contributed by atoms with Crippen LogP contribution in [-0.4, -0.2) is 30.9 Å². The third kappa shape index (κ3) is 2.65. The second-order valence-corrected chi connectivity index (χ2v) is 4.12. The van der Waals surface area contributed by atoms with Crippen LogP contribution in [0.4, 0.5) is 0 Å². The summed E-state index contributed by atoms with van der Waals surface area (Å²) >= 11 is 0. The van der Waals surface area contributed by atoms with Crippen molar-refractivity contribution in [1.29, 1.82) is 0 Å². The summed E-state index contributed by atoms with van der Waals surface area (Å²) in [5, 5.41) is 9.63. The Morgan fingerprint density at radius 2 is 2.24 bits per heavy atom. The van der Waals surface area contributed by atoms with Gasteiger partial charge in [-0.2, -0.15) is 0 Å². The molecule has 1 saturated heterocycles. The third-order valence-electron chi connectivity index (χ3n) is 2.97. The number of hydrogen-bond acceptors (Lipinski definition) is 4. The molecule has 4 heteroatoms. The van der Waals surface area contributed by atoms with Crippen molar-refractivity contribution < 1.29 is 19.4 Å². The Morgan fingerprint density at radius 3 is 2.94 bits per heavy atom. The highest BCUT2D eigenvalue weighted by Gasteiger charge is 2.26. The first-order valence-corrected chi connectivity index (χ1v) is 5.69. The van der Waals surface area contributed by atoms with Gasteiger partial charge in [0, 0.05) is 13.0 Å². The second-order valence-electron chi connectivity index (χ2n) is 4.12. The minimum Gasteiger partial charge on any atom is -0.465 e. The first kappa shape index (κ1) is 12.1. The molecule has 2 rings (SSSR count). The van der Waals surface area contributed by atoms with Crippen molar-refractivity contribution in [3.8, 4) is 0 Å². The van der Waals surface area contributed by atoms with Gasteiger partial charge in [-0.05, 0) is 18.1 Å². The molecule has 2 atom stereocenters. The van der Waals surface area contributed by atoms with Gasteiger partial charge in [-0.3, -0.25) is 0 Å². The lowest BCUT2D eigenvalue weighted by molar-refractivity contribution is -0.0452. The Hall–Kier alpha value is -1.39. The van der Waals surface area contributed by atoms with Crippen LogP contribution in [0.1, 0.15) is 34.9 Å². The number of aliphatic hydroxyl groups is 1. The number of methoxy groups -OCH3 is 1. The summed E-state index contributed by atoms with van der Waals surface area (Å²) in [5.74, 6) is -0.371. The van der Waals surface area contributed by atoms with Gasteiger partial charge >= 0.3 is 5.97 Å². The van der Waals surface area contributed by atoms with Crippen molar-refractivity contribution in [2.75, 3.05) is 13.7 Å². The highest BCUT2D eigenvalue weighted by Crippen LogP contribution is 2.30. The minimum absolute atomic E-state index is 0.228. The molecule has 0 amide bonds. The number of rotatable bonds is 2. The van der Waals surface area contributed by atoms with E-state index in [1.54, 1.807) is 12.1 Å². The molecule has 0 spiro atoms. The van der Waals surface area contributed by atoms with Gasteiger partial charge in [-0.15, -0.1) is 0 Å². The zero-order chi connectivity index (χ0) is 12.3. The van der Waals surface area contributed by atoms with E-state index in [1.807, 2.05) is 12.1 Å². The molecule has 1 fully saturated rings. The van der Waals surface area contributed by atoms with E-state index in [4.69, 9.17) is 9.47 Å². The van der Waals surface area contributed by atoms with Crippen LogP contribution >= 0.6 is 0 Å². The zero-order valence-corrected chi connectivity index (χ0v) is 9.76. The quantitative estimate of drug-likeness (QED) is 0.794. The molecule has 0 bridgehead atoms. The van der Waals surface area contributed by atoms with Gasteiger partial charge in [-0.1, -0.05) is 18.2 Å². The fraction of sp³-hybridized carbons (Fsp3) is 0.462. The third-order valence-corrected chi connectivity index (χ3v) is 2.97. The fourth-order valence-corrected chi connectivity index (χ4v) is 2.07. The van der Waals surface area contributed by atoms with Crippen molar-refractivity contribution >= 4 is 5.97 Å². The van der Waals surface area contributed by atoms with Crippen LogP contribution in [0.5, 0.6) is 0 Å². The van der Waals surface area contributed by atoms with Gasteiger partial charge < -0.3 is 14.6 Å². The largest absolute Gasteiger partial charge is 0.465 e. The molecule has 1 heterocycles. The van der Waals surface area contributed by atoms with Crippen LogP contribution in [0.25, 0.3) is 0 Å². The molecule has 17 heavy (non-hydrogen) atoms. The number of carbonyl (C=O) groups excluding carboxylic acids is 1. The number of aliphatic hydroxyl groups excluding tert-OH is 1. The molecule has 4 nitrogen and oxygen atoms in total. The van der Waals surface area contributed by atoms with E-state index >= 15 is 0 Å². The van der Waals surface area contributed by atoms with E-state index in [2.05, 4.69) is 0 Å². The lowest BCUT2D eigenvalue weighted by atomic mass is 9.95. The van der Waals surface area contributed by atoms with Gasteiger partial charge in [0.1, 0.15) is 0 Å². The molecule has 1 aliphatic heterocycles. The highest BCUT2D eigenvalue weighted by atomic mass is 16.5. The lowest BCUT2D eigenvalue weighted by Gasteiger charge is -2.27. The standard InChI is InChI=1S/C13H16O4/c1-16-13(15)11-5-3-2-4-10(11)12-8-9(14)6-7-17-12/h2-5,9,12,14H,6-8H2,1H3/t9-,12+/m1/s1. The summed E-state index contributed by atoms with van der Waals surface area (Å²) in [5.41, 5.74) is 1.30. The van der Waals surface area contributed by atoms with E-state index in [0.717, 1.165) is 5.56 Å². The van der Waals surface area contributed by atoms with Crippen LogP contribution in [0.2, 0.25) is 0 Å². The van der Waals surface area contributed by atoms with E-state index in [1.165, 1.54) is 7.11 Å². The first-order valence-electron chi connectivity index (χ1n) is 5.69. The summed E-state index contributed by atoms with van der Waals surface area (Å²) in [6, 6.07) is 7.20. The summed E-state index contributed by atoms with van der Waals surface area (Å²) in [7, 11) is 1.36. The molecule has 0 saturated carbocycles. The average Bonchev–Trinajstić information content (AvgIpc) is 2.38. The van der Waals surface area contributed by atoms with Crippen LogP contribution in [-0.2, 0) is 9.47 Å². The molecule has 1 aliphatic rings. The molecular weight excluding hydrogens is 220 g/mol. The van der Waals surface area contributed by atoms with E-state index in [-0.39, 0.29) is 18.2 Å². The van der Waals surface area contributed by atoms with Gasteiger partial charge in [-0.25, -0.2) is 4.79 Å². The second kappa shape index (κ2) is 5.29. The minimum atomic E-state index is -0.371. The Labute approximate surface area is 100 Å². The van der Waals surface area contributed by atoms with Crippen LogP contribution in [0.3, 0.4) is 0 Å². The predicted molar refractivity (Wildman–Crippen MR) is 61.7 cm³/mol. The normalized spacial score (nSPS) is 24.4. The zero-order valence-electron chi connectivity index (χ0n) is 9.76. The number of esters is 1. The fourth-order valence-electron chi connectivity index (χ4n) is 2.07. The SMILES string of the molecule is COC(=O)c1ccccc1[C@@H]1C[C@H](O)CCO1. The maximum atomic E-state index is 11.6. The first-order chi connectivity index (χ1) is 8.22. The van der Waals surface area contributed by atoms with Crippen molar-refractivity contribution in [2.24, 2.45) is 0 Å². The predicted octanol–water partition coefficient (Wildman–Crippen LogP) is 1.69. The van der Waals surface area contributed by atoms with Gasteiger partial charge in [0.2, 0.25) is 0 Å². The molecule has 0 radical (unpaired) electrons. The number of carbonyl (C=O) groups is 1. The Balaban J connectivity index is 2.27. The molecule has 0 aliphatic carbocycles. The molecule has 1 N–H and O–H groups in total. The highest BCUT2D eigenvalue weighted by molar-refractivity contribution is 5.91. The van der Waals surface area contributed by atoms with Gasteiger partial charge in [0.05, 0.1) is 24.9 Å². The summed E-state index contributed by atoms with van der Waals surface area (Å²) in [4.78, 5) is 11.6. The maximum Gasteiger partial charge on any atom is 0.338 e. The molecule has 0 unspecified atom stereocenters. The van der Waals surface area contributed by atoms with Crippen molar-refractivity contribution in [3.63, 3.8) is 0 Å². The summed E-state index contributed by atoms with van der Waals surface area (Å²) in [6.07, 6.45) is 0.582. The topological polar surface area (TPSA) is 55.8 Å². The van der Waals surface area contributed by atoms with Gasteiger partial charge in [0.25, 0.3) is 0 Å². The average molecular weight is 236 g/mol. The lowest BCUT2D eigenvalue weighted by Crippen LogP contribution is -2.24. The Bertz CT molecular complexity index is 402. The maximum absolute atomic E-state index is 11.6. The van der Waals surface area contributed by atoms with Crippen molar-refractivity contribution in [1.82, 2.24) is 0 Å². The van der Waals surface area contributed by atoms with Crippen LogP contribution in [0, 0.1) is 0 Å². The summed E-state index contributed by atoms with van der Waals surface area (Å²) in [6.45, 7) is 0.515. The number of benzene rings is 1. The van der Waals surface area contributed by atoms with Gasteiger partial charge in [0.15, 0.2) is 0 Å². The van der Waals surface area contributed by atoms with Crippen molar-refractivity contribution in [3.05, 3.63) is 35.4 Å². The molecular formula is C13H16O4. The van der Waals surface area contributed by atoms with E-state index < -0.39 is 0 Å². The van der Waals surface area contributed by atoms with Crippen LogP contribution in [0.15, 0.2) is 24.3 Å². The molecule has 92 valence electrons. The summed E-state index contributed by atoms with van der Waals surface area (Å²) < 4.78 is 10.3. The van der Waals surface area contributed by atoms with Crippen molar-refractivity contribution in [2.45, 2.75) is 25.0 Å².